The van der Waals surface area contributed by atoms with Gasteiger partial charge in [-0.2, -0.15) is 0 Å². The Morgan fingerprint density at radius 2 is 2.05 bits per heavy atom. The van der Waals surface area contributed by atoms with Crippen LogP contribution in [-0.4, -0.2) is 36.7 Å². The van der Waals surface area contributed by atoms with Gasteiger partial charge >= 0.3 is 0 Å². The SMILES string of the molecule is CC(C)COCCNC(=O)Cc1ccc(/C(N)=N/O)cc1. The first-order valence-corrected chi connectivity index (χ1v) is 6.94. The molecule has 1 amide bonds. The van der Waals surface area contributed by atoms with Gasteiger partial charge in [0.05, 0.1) is 13.0 Å². The monoisotopic (exact) mass is 293 g/mol. The largest absolute Gasteiger partial charge is 0.409 e. The van der Waals surface area contributed by atoms with E-state index < -0.39 is 0 Å². The summed E-state index contributed by atoms with van der Waals surface area (Å²) in [5.74, 6) is 0.488. The van der Waals surface area contributed by atoms with Gasteiger partial charge in [0, 0.05) is 18.7 Å². The number of oxime groups is 1. The van der Waals surface area contributed by atoms with Crippen molar-refractivity contribution < 1.29 is 14.7 Å². The second-order valence-electron chi connectivity index (χ2n) is 5.18. The Balaban J connectivity index is 2.31. The number of ether oxygens (including phenoxy) is 1. The summed E-state index contributed by atoms with van der Waals surface area (Å²) in [5, 5.41) is 14.3. The Kier molecular flexibility index (Phi) is 7.25. The molecule has 0 aliphatic heterocycles. The van der Waals surface area contributed by atoms with Crippen molar-refractivity contribution in [2.75, 3.05) is 19.8 Å². The zero-order valence-corrected chi connectivity index (χ0v) is 12.5. The molecule has 21 heavy (non-hydrogen) atoms. The topological polar surface area (TPSA) is 96.9 Å². The van der Waals surface area contributed by atoms with Crippen molar-refractivity contribution in [2.45, 2.75) is 20.3 Å². The number of nitrogens with two attached hydrogens (primary N) is 1. The summed E-state index contributed by atoms with van der Waals surface area (Å²) in [4.78, 5) is 11.7. The van der Waals surface area contributed by atoms with Crippen molar-refractivity contribution in [3.05, 3.63) is 35.4 Å². The van der Waals surface area contributed by atoms with Gasteiger partial charge in [-0.25, -0.2) is 0 Å². The van der Waals surface area contributed by atoms with Gasteiger partial charge < -0.3 is 21.0 Å². The predicted octanol–water partition coefficient (Wildman–Crippen LogP) is 1.11. The lowest BCUT2D eigenvalue weighted by molar-refractivity contribution is -0.120. The fraction of sp³-hybridized carbons (Fsp3) is 0.467. The van der Waals surface area contributed by atoms with E-state index in [1.165, 1.54) is 0 Å². The lowest BCUT2D eigenvalue weighted by atomic mass is 10.1. The van der Waals surface area contributed by atoms with Gasteiger partial charge in [-0.05, 0) is 11.5 Å². The number of hydrogen-bond donors (Lipinski definition) is 3. The smallest absolute Gasteiger partial charge is 0.224 e. The van der Waals surface area contributed by atoms with Gasteiger partial charge in [-0.1, -0.05) is 43.3 Å². The maximum Gasteiger partial charge on any atom is 0.224 e. The molecule has 4 N–H and O–H groups in total. The minimum atomic E-state index is -0.0558. The molecule has 0 saturated heterocycles. The molecule has 0 heterocycles. The molecule has 1 aromatic rings. The van der Waals surface area contributed by atoms with Gasteiger partial charge in [0.2, 0.25) is 5.91 Å². The molecular formula is C15H23N3O3. The Labute approximate surface area is 125 Å². The van der Waals surface area contributed by atoms with E-state index in [1.54, 1.807) is 24.3 Å². The predicted molar refractivity (Wildman–Crippen MR) is 81.3 cm³/mol. The van der Waals surface area contributed by atoms with E-state index in [0.29, 0.717) is 37.7 Å². The summed E-state index contributed by atoms with van der Waals surface area (Å²) < 4.78 is 5.38. The number of nitrogens with one attached hydrogen (secondary N) is 1. The molecule has 6 nitrogen and oxygen atoms in total. The highest BCUT2D eigenvalue weighted by molar-refractivity contribution is 5.97. The summed E-state index contributed by atoms with van der Waals surface area (Å²) in [7, 11) is 0. The van der Waals surface area contributed by atoms with Crippen LogP contribution in [0.15, 0.2) is 29.4 Å². The molecule has 0 spiro atoms. The minimum absolute atomic E-state index is 0.0494. The van der Waals surface area contributed by atoms with Crippen LogP contribution in [0.2, 0.25) is 0 Å². The van der Waals surface area contributed by atoms with Crippen LogP contribution in [0.3, 0.4) is 0 Å². The van der Waals surface area contributed by atoms with Crippen LogP contribution in [0.25, 0.3) is 0 Å². The molecule has 0 unspecified atom stereocenters. The van der Waals surface area contributed by atoms with Gasteiger partial charge in [0.15, 0.2) is 5.84 Å². The molecule has 1 rings (SSSR count). The highest BCUT2D eigenvalue weighted by Crippen LogP contribution is 2.05. The summed E-state index contributed by atoms with van der Waals surface area (Å²) >= 11 is 0. The number of carbonyl (C=O) groups is 1. The van der Waals surface area contributed by atoms with Crippen LogP contribution < -0.4 is 11.1 Å². The van der Waals surface area contributed by atoms with Crippen molar-refractivity contribution in [3.63, 3.8) is 0 Å². The summed E-state index contributed by atoms with van der Waals surface area (Å²) in [6, 6.07) is 6.98. The van der Waals surface area contributed by atoms with Crippen LogP contribution in [-0.2, 0) is 16.0 Å². The van der Waals surface area contributed by atoms with E-state index in [9.17, 15) is 4.79 Å². The first-order valence-electron chi connectivity index (χ1n) is 6.94. The maximum absolute atomic E-state index is 11.7. The third-order valence-corrected chi connectivity index (χ3v) is 2.74. The van der Waals surface area contributed by atoms with Gasteiger partial charge in [-0.3, -0.25) is 4.79 Å². The van der Waals surface area contributed by atoms with Crippen molar-refractivity contribution in [2.24, 2.45) is 16.8 Å². The third kappa shape index (κ3) is 6.76. The zero-order valence-electron chi connectivity index (χ0n) is 12.5. The average Bonchev–Trinajstić information content (AvgIpc) is 2.46. The third-order valence-electron chi connectivity index (χ3n) is 2.74. The standard InChI is InChI=1S/C15H23N3O3/c1-11(2)10-21-8-7-17-14(19)9-12-3-5-13(6-4-12)15(16)18-20/h3-6,11,20H,7-10H2,1-2H3,(H2,16,18)(H,17,19). The van der Waals surface area contributed by atoms with Crippen LogP contribution in [0.1, 0.15) is 25.0 Å². The normalized spacial score (nSPS) is 11.7. The lowest BCUT2D eigenvalue weighted by Gasteiger charge is -2.08. The fourth-order valence-corrected chi connectivity index (χ4v) is 1.68. The van der Waals surface area contributed by atoms with E-state index in [1.807, 2.05) is 0 Å². The molecule has 0 atom stereocenters. The Morgan fingerprint density at radius 1 is 1.38 bits per heavy atom. The number of amides is 1. The highest BCUT2D eigenvalue weighted by atomic mass is 16.5. The molecule has 0 aromatic heterocycles. The van der Waals surface area contributed by atoms with E-state index in [4.69, 9.17) is 15.7 Å². The molecule has 116 valence electrons. The van der Waals surface area contributed by atoms with Crippen LogP contribution in [0, 0.1) is 5.92 Å². The molecule has 1 aromatic carbocycles. The number of benzene rings is 1. The van der Waals surface area contributed by atoms with E-state index in [-0.39, 0.29) is 11.7 Å². The first kappa shape index (κ1) is 17.0. The van der Waals surface area contributed by atoms with Crippen molar-refractivity contribution in [1.82, 2.24) is 5.32 Å². The minimum Gasteiger partial charge on any atom is -0.409 e. The van der Waals surface area contributed by atoms with Crippen molar-refractivity contribution in [3.8, 4) is 0 Å². The molecule has 6 heteroatoms. The Morgan fingerprint density at radius 3 is 2.62 bits per heavy atom. The molecular weight excluding hydrogens is 270 g/mol. The molecule has 0 bridgehead atoms. The second kappa shape index (κ2) is 8.97. The van der Waals surface area contributed by atoms with Gasteiger partial charge in [-0.15, -0.1) is 0 Å². The number of nitrogens with zero attached hydrogens (tertiary/aromatic N) is 1. The van der Waals surface area contributed by atoms with E-state index in [0.717, 1.165) is 5.56 Å². The molecule has 0 aliphatic rings. The number of carbonyl (C=O) groups excluding carboxylic acids is 1. The molecule has 0 saturated carbocycles. The van der Waals surface area contributed by atoms with E-state index >= 15 is 0 Å². The number of hydrogen-bond acceptors (Lipinski definition) is 4. The van der Waals surface area contributed by atoms with E-state index in [2.05, 4.69) is 24.3 Å². The number of amidine groups is 1. The zero-order chi connectivity index (χ0) is 15.7. The van der Waals surface area contributed by atoms with Crippen molar-refractivity contribution >= 4 is 11.7 Å². The maximum atomic E-state index is 11.7. The van der Waals surface area contributed by atoms with Crippen LogP contribution in [0.4, 0.5) is 0 Å². The Hall–Kier alpha value is -2.08. The number of rotatable bonds is 8. The molecule has 0 aliphatic carbocycles. The van der Waals surface area contributed by atoms with Gasteiger partial charge in [0.25, 0.3) is 0 Å². The van der Waals surface area contributed by atoms with Crippen molar-refractivity contribution in [1.29, 1.82) is 0 Å². The summed E-state index contributed by atoms with van der Waals surface area (Å²) in [6.45, 7) is 5.89. The molecule has 0 fully saturated rings. The fourth-order valence-electron chi connectivity index (χ4n) is 1.68. The lowest BCUT2D eigenvalue weighted by Crippen LogP contribution is -2.29. The van der Waals surface area contributed by atoms with Crippen LogP contribution in [0.5, 0.6) is 0 Å². The van der Waals surface area contributed by atoms with Gasteiger partial charge in [0.1, 0.15) is 0 Å². The van der Waals surface area contributed by atoms with Crippen LogP contribution >= 0.6 is 0 Å². The summed E-state index contributed by atoms with van der Waals surface area (Å²) in [6.07, 6.45) is 0.292. The highest BCUT2D eigenvalue weighted by Gasteiger charge is 2.04. The summed E-state index contributed by atoms with van der Waals surface area (Å²) in [5.41, 5.74) is 6.95. The molecule has 0 radical (unpaired) electrons. The Bertz CT molecular complexity index is 470. The average molecular weight is 293 g/mol. The first-order chi connectivity index (χ1) is 10.0. The second-order valence-corrected chi connectivity index (χ2v) is 5.18. The quantitative estimate of drug-likeness (QED) is 0.220.